The summed E-state index contributed by atoms with van der Waals surface area (Å²) in [5, 5.41) is 0. The third-order valence-electron chi connectivity index (χ3n) is 2.09. The van der Waals surface area contributed by atoms with Crippen LogP contribution in [-0.2, 0) is 0 Å². The Morgan fingerprint density at radius 2 is 1.37 bits per heavy atom. The average molecular weight is 262 g/mol. The predicted octanol–water partition coefficient (Wildman–Crippen LogP) is 7.03. The molecule has 0 unspecified atom stereocenters. The van der Waals surface area contributed by atoms with E-state index < -0.39 is 0 Å². The molecule has 0 saturated carbocycles. The first-order valence-electron chi connectivity index (χ1n) is 7.57. The number of rotatable bonds is 5. The maximum Gasteiger partial charge on any atom is -0.0303 e. The minimum atomic E-state index is 1.06. The summed E-state index contributed by atoms with van der Waals surface area (Å²) in [6, 6.07) is 0. The summed E-state index contributed by atoms with van der Waals surface area (Å²) in [5.41, 5.74) is 2.59. The molecule has 0 heterocycles. The van der Waals surface area contributed by atoms with E-state index >= 15 is 0 Å². The second kappa shape index (κ2) is 21.9. The normalized spacial score (nSPS) is 12.4. The van der Waals surface area contributed by atoms with Crippen molar-refractivity contribution in [2.24, 2.45) is 0 Å². The van der Waals surface area contributed by atoms with Gasteiger partial charge in [-0.15, -0.1) is 0 Å². The van der Waals surface area contributed by atoms with Gasteiger partial charge in [0.05, 0.1) is 0 Å². The highest BCUT2D eigenvalue weighted by Crippen LogP contribution is 2.07. The first kappa shape index (κ1) is 22.8. The lowest BCUT2D eigenvalue weighted by Gasteiger charge is -1.96. The molecule has 0 spiro atoms. The van der Waals surface area contributed by atoms with Crippen molar-refractivity contribution in [3.05, 3.63) is 59.8 Å². The summed E-state index contributed by atoms with van der Waals surface area (Å²) in [6.07, 6.45) is 17.9. The molecule has 0 aliphatic rings. The second-order valence-corrected chi connectivity index (χ2v) is 3.24. The van der Waals surface area contributed by atoms with E-state index in [0.29, 0.717) is 0 Å². The van der Waals surface area contributed by atoms with Gasteiger partial charge in [0.25, 0.3) is 0 Å². The van der Waals surface area contributed by atoms with Gasteiger partial charge in [0.15, 0.2) is 0 Å². The van der Waals surface area contributed by atoms with E-state index in [0.717, 1.165) is 6.42 Å². The van der Waals surface area contributed by atoms with Crippen molar-refractivity contribution in [3.63, 3.8) is 0 Å². The fourth-order valence-corrected chi connectivity index (χ4v) is 1.15. The zero-order valence-corrected chi connectivity index (χ0v) is 14.3. The fourth-order valence-electron chi connectivity index (χ4n) is 1.15. The summed E-state index contributed by atoms with van der Waals surface area (Å²) in [6.45, 7) is 16.3. The molecule has 0 amide bonds. The molecule has 0 fully saturated rings. The molecule has 0 atom stereocenters. The van der Waals surface area contributed by atoms with Gasteiger partial charge in [0.1, 0.15) is 0 Å². The van der Waals surface area contributed by atoms with Crippen molar-refractivity contribution in [2.75, 3.05) is 0 Å². The summed E-state index contributed by atoms with van der Waals surface area (Å²) in [4.78, 5) is 0. The number of hydrogen-bond acceptors (Lipinski definition) is 0. The van der Waals surface area contributed by atoms with Crippen molar-refractivity contribution in [3.8, 4) is 0 Å². The summed E-state index contributed by atoms with van der Waals surface area (Å²) < 4.78 is 0. The van der Waals surface area contributed by atoms with E-state index in [2.05, 4.69) is 56.4 Å². The van der Waals surface area contributed by atoms with Crippen LogP contribution in [0.25, 0.3) is 0 Å². The Labute approximate surface area is 122 Å². The Hall–Kier alpha value is -1.30. The highest BCUT2D eigenvalue weighted by atomic mass is 13.9. The molecule has 0 aromatic heterocycles. The topological polar surface area (TPSA) is 0 Å². The summed E-state index contributed by atoms with van der Waals surface area (Å²) >= 11 is 0. The third kappa shape index (κ3) is 16.7. The highest BCUT2D eigenvalue weighted by Gasteiger charge is 1.86. The molecule has 0 aromatic rings. The fraction of sp³-hybridized carbons (Fsp3) is 0.474. The van der Waals surface area contributed by atoms with E-state index in [-0.39, 0.29) is 0 Å². The lowest BCUT2D eigenvalue weighted by Crippen LogP contribution is -1.75. The lowest BCUT2D eigenvalue weighted by atomic mass is 10.1. The Morgan fingerprint density at radius 1 is 0.789 bits per heavy atom. The Morgan fingerprint density at radius 3 is 1.74 bits per heavy atom. The van der Waals surface area contributed by atoms with Crippen molar-refractivity contribution in [2.45, 2.75) is 61.8 Å². The minimum absolute atomic E-state index is 1.06. The van der Waals surface area contributed by atoms with E-state index in [9.17, 15) is 0 Å². The van der Waals surface area contributed by atoms with Gasteiger partial charge in [-0.3, -0.25) is 0 Å². The molecule has 0 aliphatic carbocycles. The van der Waals surface area contributed by atoms with Crippen LogP contribution in [-0.4, -0.2) is 0 Å². The molecule has 0 nitrogen and oxygen atoms in total. The van der Waals surface area contributed by atoms with E-state index in [1.54, 1.807) is 0 Å². The van der Waals surface area contributed by atoms with Crippen LogP contribution < -0.4 is 0 Å². The molecular formula is C19H34. The van der Waals surface area contributed by atoms with Crippen molar-refractivity contribution in [1.82, 2.24) is 0 Å². The SMILES string of the molecule is CC.CC.C\C=C/C=C(/C=C/C(/C=C\C)=C/C)CC. The lowest BCUT2D eigenvalue weighted by molar-refractivity contribution is 1.15. The predicted molar refractivity (Wildman–Crippen MR) is 93.6 cm³/mol. The molecule has 0 saturated heterocycles. The molecule has 19 heavy (non-hydrogen) atoms. The van der Waals surface area contributed by atoms with Crippen molar-refractivity contribution < 1.29 is 0 Å². The van der Waals surface area contributed by atoms with Gasteiger partial charge in [0, 0.05) is 0 Å². The van der Waals surface area contributed by atoms with Crippen LogP contribution in [0, 0.1) is 0 Å². The summed E-state index contributed by atoms with van der Waals surface area (Å²) in [7, 11) is 0. The molecular weight excluding hydrogens is 228 g/mol. The Balaban J connectivity index is -0.000000579. The monoisotopic (exact) mass is 262 g/mol. The largest absolute Gasteiger partial charge is 0.0877 e. The first-order chi connectivity index (χ1) is 9.28. The van der Waals surface area contributed by atoms with Crippen LogP contribution >= 0.6 is 0 Å². The molecule has 110 valence electrons. The molecule has 0 heteroatoms. The Kier molecular flexibility index (Phi) is 26.4. The van der Waals surface area contributed by atoms with Gasteiger partial charge in [-0.05, 0) is 38.3 Å². The highest BCUT2D eigenvalue weighted by molar-refractivity contribution is 5.35. The van der Waals surface area contributed by atoms with Crippen LogP contribution in [0.2, 0.25) is 0 Å². The van der Waals surface area contributed by atoms with Crippen molar-refractivity contribution >= 4 is 0 Å². The van der Waals surface area contributed by atoms with E-state index in [1.807, 2.05) is 47.6 Å². The number of hydrogen-bond donors (Lipinski definition) is 0. The zero-order valence-electron chi connectivity index (χ0n) is 14.3. The van der Waals surface area contributed by atoms with Gasteiger partial charge in [0.2, 0.25) is 0 Å². The quantitative estimate of drug-likeness (QED) is 0.466. The van der Waals surface area contributed by atoms with Gasteiger partial charge in [-0.2, -0.15) is 0 Å². The molecule has 0 aromatic carbocycles. The smallest absolute Gasteiger partial charge is 0.0303 e. The minimum Gasteiger partial charge on any atom is -0.0877 e. The van der Waals surface area contributed by atoms with Crippen molar-refractivity contribution in [1.29, 1.82) is 0 Å². The van der Waals surface area contributed by atoms with Crippen LogP contribution in [0.1, 0.15) is 61.8 Å². The third-order valence-corrected chi connectivity index (χ3v) is 2.09. The van der Waals surface area contributed by atoms with Crippen LogP contribution in [0.3, 0.4) is 0 Å². The molecule has 0 rings (SSSR count). The van der Waals surface area contributed by atoms with Crippen LogP contribution in [0.5, 0.6) is 0 Å². The standard InChI is InChI=1S/C15H22.2C2H6/c1-5-9-11-15(8-4)13-12-14(7-3)10-6-2;2*1-2/h5-7,9-13H,8H2,1-4H3;2*1-2H3/b9-5-,10-6-,13-12+,14-7+,15-11+;;. The van der Waals surface area contributed by atoms with E-state index in [1.165, 1.54) is 11.1 Å². The van der Waals surface area contributed by atoms with Gasteiger partial charge >= 0.3 is 0 Å². The van der Waals surface area contributed by atoms with Gasteiger partial charge in [-0.25, -0.2) is 0 Å². The average Bonchev–Trinajstić information content (AvgIpc) is 2.50. The van der Waals surface area contributed by atoms with Crippen LogP contribution in [0.4, 0.5) is 0 Å². The molecule has 0 radical (unpaired) electrons. The van der Waals surface area contributed by atoms with Gasteiger partial charge in [-0.1, -0.05) is 83.2 Å². The van der Waals surface area contributed by atoms with Gasteiger partial charge < -0.3 is 0 Å². The molecule has 0 bridgehead atoms. The number of allylic oxidation sites excluding steroid dienone is 10. The second-order valence-electron chi connectivity index (χ2n) is 3.24. The van der Waals surface area contributed by atoms with Crippen LogP contribution in [0.15, 0.2) is 59.8 Å². The zero-order chi connectivity index (χ0) is 15.5. The van der Waals surface area contributed by atoms with E-state index in [4.69, 9.17) is 0 Å². The summed E-state index contributed by atoms with van der Waals surface area (Å²) in [5.74, 6) is 0. The Bertz CT molecular complexity index is 296. The maximum absolute atomic E-state index is 2.18. The first-order valence-corrected chi connectivity index (χ1v) is 7.57. The molecule has 0 aliphatic heterocycles. The maximum atomic E-state index is 2.18. The molecule has 0 N–H and O–H groups in total.